The first-order valence-electron chi connectivity index (χ1n) is 12.7. The Morgan fingerprint density at radius 1 is 0.927 bits per heavy atom. The van der Waals surface area contributed by atoms with Gasteiger partial charge in [-0.25, -0.2) is 19.4 Å². The van der Waals surface area contributed by atoms with Crippen molar-refractivity contribution in [3.05, 3.63) is 101 Å². The average molecular weight is 560 g/mol. The number of carboxylic acid groups (broad SMARTS) is 1. The minimum Gasteiger partial charge on any atom is -0.480 e. The van der Waals surface area contributed by atoms with E-state index in [1.807, 2.05) is 30.3 Å². The molecule has 0 saturated heterocycles. The molecule has 0 spiro atoms. The predicted octanol–water partition coefficient (Wildman–Crippen LogP) is 3.44. The Kier molecular flexibility index (Phi) is 9.49. The summed E-state index contributed by atoms with van der Waals surface area (Å²) < 4.78 is 9.98. The number of hydrogen-bond acceptors (Lipinski definition) is 7. The number of aliphatic carboxylic acids is 1. The molecule has 12 nitrogen and oxygen atoms in total. The van der Waals surface area contributed by atoms with Crippen molar-refractivity contribution in [2.75, 3.05) is 13.7 Å². The van der Waals surface area contributed by atoms with Gasteiger partial charge in [-0.15, -0.1) is 0 Å². The second-order valence-electron chi connectivity index (χ2n) is 9.03. The minimum absolute atomic E-state index is 0.0244. The molecule has 41 heavy (non-hydrogen) atoms. The van der Waals surface area contributed by atoms with Crippen LogP contribution in [0.1, 0.15) is 27.3 Å². The first kappa shape index (κ1) is 28.6. The third-order valence-electron chi connectivity index (χ3n) is 6.07. The van der Waals surface area contributed by atoms with E-state index in [0.717, 1.165) is 22.2 Å². The summed E-state index contributed by atoms with van der Waals surface area (Å²) in [5.41, 5.74) is 3.38. The Morgan fingerprint density at radius 3 is 2.32 bits per heavy atom. The Bertz CT molecular complexity index is 1470. The number of nitrogens with one attached hydrogen (secondary N) is 3. The zero-order chi connectivity index (χ0) is 29.2. The molecule has 0 saturated carbocycles. The molecule has 0 aliphatic carbocycles. The number of rotatable bonds is 11. The van der Waals surface area contributed by atoms with Crippen LogP contribution < -0.4 is 10.6 Å². The highest BCUT2D eigenvalue weighted by Gasteiger charge is 2.22. The molecule has 0 unspecified atom stereocenters. The van der Waals surface area contributed by atoms with Crippen LogP contribution in [0.4, 0.5) is 9.59 Å². The molecule has 212 valence electrons. The van der Waals surface area contributed by atoms with Crippen molar-refractivity contribution in [3.63, 3.8) is 0 Å². The molecule has 12 heteroatoms. The Balaban J connectivity index is 1.31. The number of carbonyl (C=O) groups is 4. The van der Waals surface area contributed by atoms with Crippen LogP contribution in [0, 0.1) is 0 Å². The fourth-order valence-electron chi connectivity index (χ4n) is 3.96. The summed E-state index contributed by atoms with van der Waals surface area (Å²) in [7, 11) is 1.30. The smallest absolute Gasteiger partial charge is 0.410 e. The molecule has 0 aliphatic heterocycles. The number of amides is 3. The number of hydrogen-bond donors (Lipinski definition) is 4. The van der Waals surface area contributed by atoms with E-state index >= 15 is 0 Å². The first-order chi connectivity index (χ1) is 19.8. The van der Waals surface area contributed by atoms with E-state index < -0.39 is 30.1 Å². The number of carboxylic acids is 1. The van der Waals surface area contributed by atoms with Gasteiger partial charge in [-0.05, 0) is 35.4 Å². The molecule has 1 aromatic heterocycles. The number of nitrogens with zero attached hydrogens (tertiary/aromatic N) is 2. The van der Waals surface area contributed by atoms with Gasteiger partial charge in [0.05, 0.1) is 24.7 Å². The lowest BCUT2D eigenvalue weighted by molar-refractivity contribution is -0.139. The maximum atomic E-state index is 12.6. The quantitative estimate of drug-likeness (QED) is 0.217. The SMILES string of the molecule is COC(=O)N(Cc1ccc(C(=O)NC[C@H](NC(=O)OCc2ccccc2)C(=O)O)cc1)Cc1nc2ccccc2[nH]1. The number of H-pyrrole nitrogens is 1. The topological polar surface area (TPSA) is 163 Å². The van der Waals surface area contributed by atoms with Crippen LogP contribution in [0.2, 0.25) is 0 Å². The predicted molar refractivity (Wildman–Crippen MR) is 148 cm³/mol. The van der Waals surface area contributed by atoms with Crippen molar-refractivity contribution < 1.29 is 33.8 Å². The monoisotopic (exact) mass is 559 g/mol. The molecule has 4 aromatic rings. The third-order valence-corrected chi connectivity index (χ3v) is 6.07. The highest BCUT2D eigenvalue weighted by Crippen LogP contribution is 2.15. The van der Waals surface area contributed by atoms with Crippen molar-refractivity contribution in [1.82, 2.24) is 25.5 Å². The molecule has 1 atom stereocenters. The fraction of sp³-hybridized carbons (Fsp3) is 0.207. The van der Waals surface area contributed by atoms with Crippen molar-refractivity contribution in [1.29, 1.82) is 0 Å². The van der Waals surface area contributed by atoms with Gasteiger partial charge in [0, 0.05) is 18.7 Å². The van der Waals surface area contributed by atoms with Crippen LogP contribution in [-0.4, -0.2) is 63.7 Å². The summed E-state index contributed by atoms with van der Waals surface area (Å²) >= 11 is 0. The summed E-state index contributed by atoms with van der Waals surface area (Å²) in [5.74, 6) is -1.27. The summed E-state index contributed by atoms with van der Waals surface area (Å²) in [6.45, 7) is -0.00392. The summed E-state index contributed by atoms with van der Waals surface area (Å²) in [5, 5.41) is 14.2. The Hall–Kier alpha value is -5.39. The van der Waals surface area contributed by atoms with E-state index in [1.165, 1.54) is 12.0 Å². The number of methoxy groups -OCH3 is 1. The summed E-state index contributed by atoms with van der Waals surface area (Å²) in [6, 6.07) is 21.5. The second kappa shape index (κ2) is 13.6. The molecular weight excluding hydrogens is 530 g/mol. The number of fused-ring (bicyclic) bond motifs is 1. The number of alkyl carbamates (subject to hydrolysis) is 1. The summed E-state index contributed by atoms with van der Waals surface area (Å²) in [6.07, 6.45) is -1.46. The standard InChI is InChI=1S/C29H29N5O7/c1-40-29(39)34(17-25-31-22-9-5-6-10-23(22)32-25)16-19-11-13-21(14-12-19)26(35)30-15-24(27(36)37)33-28(38)41-18-20-7-3-2-4-8-20/h2-14,24H,15-18H2,1H3,(H,30,35)(H,31,32)(H,33,38)(H,36,37)/t24-/m0/s1. The zero-order valence-electron chi connectivity index (χ0n) is 22.2. The van der Waals surface area contributed by atoms with Crippen molar-refractivity contribution in [3.8, 4) is 0 Å². The van der Waals surface area contributed by atoms with Gasteiger partial charge in [-0.2, -0.15) is 0 Å². The van der Waals surface area contributed by atoms with E-state index in [4.69, 9.17) is 9.47 Å². The third kappa shape index (κ3) is 8.05. The number of aromatic nitrogens is 2. The molecular formula is C29H29N5O7. The van der Waals surface area contributed by atoms with Gasteiger partial charge in [0.15, 0.2) is 0 Å². The highest BCUT2D eigenvalue weighted by molar-refractivity contribution is 5.94. The molecule has 0 radical (unpaired) electrons. The number of para-hydroxylation sites is 2. The molecule has 1 heterocycles. The van der Waals surface area contributed by atoms with Crippen molar-refractivity contribution in [2.45, 2.75) is 25.7 Å². The molecule has 3 amide bonds. The van der Waals surface area contributed by atoms with E-state index in [9.17, 15) is 24.3 Å². The maximum absolute atomic E-state index is 12.6. The maximum Gasteiger partial charge on any atom is 0.410 e. The van der Waals surface area contributed by atoms with Gasteiger partial charge in [-0.1, -0.05) is 54.6 Å². The van der Waals surface area contributed by atoms with Gasteiger partial charge >= 0.3 is 18.2 Å². The number of aromatic amines is 1. The minimum atomic E-state index is -1.40. The van der Waals surface area contributed by atoms with Gasteiger partial charge < -0.3 is 30.2 Å². The van der Waals surface area contributed by atoms with E-state index in [1.54, 1.807) is 48.5 Å². The molecule has 3 aromatic carbocycles. The Morgan fingerprint density at radius 2 is 1.63 bits per heavy atom. The van der Waals surface area contributed by atoms with E-state index in [2.05, 4.69) is 20.6 Å². The number of imidazole rings is 1. The van der Waals surface area contributed by atoms with Crippen LogP contribution in [-0.2, 0) is 34.0 Å². The lowest BCUT2D eigenvalue weighted by atomic mass is 10.1. The van der Waals surface area contributed by atoms with Crippen LogP contribution >= 0.6 is 0 Å². The largest absolute Gasteiger partial charge is 0.480 e. The van der Waals surface area contributed by atoms with E-state index in [-0.39, 0.29) is 31.8 Å². The highest BCUT2D eigenvalue weighted by atomic mass is 16.5. The number of carbonyl (C=O) groups excluding carboxylic acids is 3. The van der Waals surface area contributed by atoms with Crippen LogP contribution in [0.25, 0.3) is 11.0 Å². The van der Waals surface area contributed by atoms with Gasteiger partial charge in [0.1, 0.15) is 18.5 Å². The number of ether oxygens (including phenoxy) is 2. The fourth-order valence-corrected chi connectivity index (χ4v) is 3.96. The van der Waals surface area contributed by atoms with E-state index in [0.29, 0.717) is 5.82 Å². The van der Waals surface area contributed by atoms with Crippen molar-refractivity contribution in [2.24, 2.45) is 0 Å². The van der Waals surface area contributed by atoms with Gasteiger partial charge in [-0.3, -0.25) is 9.69 Å². The first-order valence-corrected chi connectivity index (χ1v) is 12.7. The molecule has 0 bridgehead atoms. The van der Waals surface area contributed by atoms with Crippen LogP contribution in [0.15, 0.2) is 78.9 Å². The Labute approximate surface area is 235 Å². The summed E-state index contributed by atoms with van der Waals surface area (Å²) in [4.78, 5) is 57.9. The molecule has 0 fully saturated rings. The molecule has 4 rings (SSSR count). The lowest BCUT2D eigenvalue weighted by Gasteiger charge is -2.20. The van der Waals surface area contributed by atoms with Gasteiger partial charge in [0.2, 0.25) is 0 Å². The normalized spacial score (nSPS) is 11.3. The molecule has 4 N–H and O–H groups in total. The van der Waals surface area contributed by atoms with Gasteiger partial charge in [0.25, 0.3) is 5.91 Å². The average Bonchev–Trinajstić information content (AvgIpc) is 3.40. The van der Waals surface area contributed by atoms with Crippen LogP contribution in [0.3, 0.4) is 0 Å². The zero-order valence-corrected chi connectivity index (χ0v) is 22.2. The number of benzene rings is 3. The second-order valence-corrected chi connectivity index (χ2v) is 9.03. The lowest BCUT2D eigenvalue weighted by Crippen LogP contribution is -2.48. The van der Waals surface area contributed by atoms with Crippen LogP contribution in [0.5, 0.6) is 0 Å². The molecule has 0 aliphatic rings. The van der Waals surface area contributed by atoms with Crippen molar-refractivity contribution >= 4 is 35.1 Å².